The zero-order chi connectivity index (χ0) is 29.1. The maximum atomic E-state index is 12.8. The van der Waals surface area contributed by atoms with Gasteiger partial charge in [-0.2, -0.15) is 0 Å². The molecule has 0 fully saturated rings. The van der Waals surface area contributed by atoms with Crippen LogP contribution in [0.5, 0.6) is 0 Å². The second-order valence-corrected chi connectivity index (χ2v) is 10.4. The van der Waals surface area contributed by atoms with Gasteiger partial charge in [0.15, 0.2) is 5.78 Å². The lowest BCUT2D eigenvalue weighted by Gasteiger charge is -2.19. The number of carbonyl (C=O) groups is 5. The molecule has 2 amide bonds. The highest BCUT2D eigenvalue weighted by molar-refractivity contribution is 7.14. The molecule has 3 rings (SSSR count). The molecule has 0 unspecified atom stereocenters. The Bertz CT molecular complexity index is 1340. The number of hydrogen-bond donors (Lipinski definition) is 4. The molecule has 3 aromatic rings. The van der Waals surface area contributed by atoms with Crippen LogP contribution in [0.15, 0.2) is 66.0 Å². The SMILES string of the molecule is NC(=O)[C@H](CCC(=O)O)CC(=O)[C@H](CCC(=O)O)NC(=O)CCc1ccc(-c2cc(-c3ccccc3)cs2)cc1. The highest BCUT2D eigenvalue weighted by Gasteiger charge is 2.27. The van der Waals surface area contributed by atoms with Crippen LogP contribution in [0.1, 0.15) is 44.1 Å². The van der Waals surface area contributed by atoms with Crippen molar-refractivity contribution in [3.8, 4) is 21.6 Å². The van der Waals surface area contributed by atoms with E-state index in [1.165, 1.54) is 0 Å². The molecular weight excluding hydrogens is 532 g/mol. The van der Waals surface area contributed by atoms with Gasteiger partial charge in [-0.05, 0) is 53.0 Å². The molecule has 1 heterocycles. The summed E-state index contributed by atoms with van der Waals surface area (Å²) < 4.78 is 0. The number of aliphatic carboxylic acids is 2. The van der Waals surface area contributed by atoms with Gasteiger partial charge in [-0.3, -0.25) is 24.0 Å². The Balaban J connectivity index is 1.57. The summed E-state index contributed by atoms with van der Waals surface area (Å²) in [4.78, 5) is 60.2. The van der Waals surface area contributed by atoms with Gasteiger partial charge in [-0.1, -0.05) is 54.6 Å². The number of thiophene rings is 1. The minimum atomic E-state index is -1.13. The number of rotatable bonds is 16. The Morgan fingerprint density at radius 2 is 1.45 bits per heavy atom. The van der Waals surface area contributed by atoms with Crippen molar-refractivity contribution in [1.29, 1.82) is 0 Å². The number of carboxylic acids is 2. The van der Waals surface area contributed by atoms with E-state index >= 15 is 0 Å². The van der Waals surface area contributed by atoms with E-state index in [1.807, 2.05) is 42.5 Å². The molecule has 10 heteroatoms. The molecule has 5 N–H and O–H groups in total. The molecule has 9 nitrogen and oxygen atoms in total. The van der Waals surface area contributed by atoms with E-state index in [-0.39, 0.29) is 38.5 Å². The number of nitrogens with one attached hydrogen (secondary N) is 1. The molecule has 210 valence electrons. The minimum absolute atomic E-state index is 0.0750. The first-order valence-electron chi connectivity index (χ1n) is 12.9. The zero-order valence-electron chi connectivity index (χ0n) is 21.9. The lowest BCUT2D eigenvalue weighted by Crippen LogP contribution is -2.43. The van der Waals surface area contributed by atoms with Gasteiger partial charge in [0.25, 0.3) is 0 Å². The zero-order valence-corrected chi connectivity index (χ0v) is 22.7. The van der Waals surface area contributed by atoms with Gasteiger partial charge in [0.2, 0.25) is 11.8 Å². The van der Waals surface area contributed by atoms with Crippen molar-refractivity contribution in [3.63, 3.8) is 0 Å². The number of benzene rings is 2. The van der Waals surface area contributed by atoms with Crippen LogP contribution < -0.4 is 11.1 Å². The molecule has 2 aromatic carbocycles. The van der Waals surface area contributed by atoms with Gasteiger partial charge in [0.1, 0.15) is 0 Å². The van der Waals surface area contributed by atoms with Gasteiger partial charge in [-0.15, -0.1) is 11.3 Å². The van der Waals surface area contributed by atoms with Crippen molar-refractivity contribution in [2.45, 2.75) is 51.0 Å². The first-order valence-corrected chi connectivity index (χ1v) is 13.8. The van der Waals surface area contributed by atoms with E-state index in [1.54, 1.807) is 11.3 Å². The van der Waals surface area contributed by atoms with Crippen LogP contribution in [0.4, 0.5) is 0 Å². The Kier molecular flexibility index (Phi) is 11.1. The summed E-state index contributed by atoms with van der Waals surface area (Å²) in [7, 11) is 0. The first kappa shape index (κ1) is 30.2. The molecule has 0 aliphatic rings. The molecule has 0 spiro atoms. The fraction of sp³-hybridized carbons (Fsp3) is 0.300. The summed E-state index contributed by atoms with van der Waals surface area (Å²) in [5, 5.41) is 22.6. The van der Waals surface area contributed by atoms with Crippen LogP contribution in [0.25, 0.3) is 21.6 Å². The first-order chi connectivity index (χ1) is 19.1. The summed E-state index contributed by atoms with van der Waals surface area (Å²) in [6.45, 7) is 0. The van der Waals surface area contributed by atoms with E-state index in [9.17, 15) is 24.0 Å². The molecule has 0 bridgehead atoms. The average Bonchev–Trinajstić information content (AvgIpc) is 3.43. The van der Waals surface area contributed by atoms with Gasteiger partial charge in [0, 0.05) is 36.5 Å². The highest BCUT2D eigenvalue weighted by Crippen LogP contribution is 2.32. The van der Waals surface area contributed by atoms with Gasteiger partial charge < -0.3 is 21.3 Å². The van der Waals surface area contributed by atoms with Crippen LogP contribution in [0.2, 0.25) is 0 Å². The van der Waals surface area contributed by atoms with E-state index in [0.717, 1.165) is 27.1 Å². The van der Waals surface area contributed by atoms with Crippen molar-refractivity contribution in [1.82, 2.24) is 5.32 Å². The summed E-state index contributed by atoms with van der Waals surface area (Å²) in [5.74, 6) is -5.08. The largest absolute Gasteiger partial charge is 0.481 e. The molecular formula is C30H32N2O7S. The Morgan fingerprint density at radius 1 is 0.800 bits per heavy atom. The third kappa shape index (κ3) is 9.46. The smallest absolute Gasteiger partial charge is 0.303 e. The number of Topliss-reactive ketones (excluding diaryl/α,β-unsaturated/α-hetero) is 1. The highest BCUT2D eigenvalue weighted by atomic mass is 32.1. The van der Waals surface area contributed by atoms with E-state index in [0.29, 0.717) is 6.42 Å². The molecule has 0 aliphatic carbocycles. The molecule has 0 saturated carbocycles. The number of carbonyl (C=O) groups excluding carboxylic acids is 3. The third-order valence-electron chi connectivity index (χ3n) is 6.51. The second kappa shape index (κ2) is 14.7. The van der Waals surface area contributed by atoms with Gasteiger partial charge in [0.05, 0.1) is 6.04 Å². The maximum Gasteiger partial charge on any atom is 0.303 e. The number of hydrogen-bond acceptors (Lipinski definition) is 6. The second-order valence-electron chi connectivity index (χ2n) is 9.52. The van der Waals surface area contributed by atoms with Crippen molar-refractivity contribution < 1.29 is 34.2 Å². The standard InChI is InChI=1S/C30H32N2O7S/c31-30(39)22(11-14-28(35)36)16-25(33)24(12-15-29(37)38)32-27(34)13-8-19-6-9-21(10-7-19)26-17-23(18-40-26)20-4-2-1-3-5-20/h1-7,9-10,17-18,22,24H,8,11-16H2,(H2,31,39)(H,32,34)(H,35,36)(H,37,38)/t22-,24+/m1/s1. The fourth-order valence-corrected chi connectivity index (χ4v) is 5.16. The summed E-state index contributed by atoms with van der Waals surface area (Å²) >= 11 is 1.65. The Morgan fingerprint density at radius 3 is 2.08 bits per heavy atom. The third-order valence-corrected chi connectivity index (χ3v) is 7.49. The van der Waals surface area contributed by atoms with Gasteiger partial charge in [-0.25, -0.2) is 0 Å². The topological polar surface area (TPSA) is 164 Å². The minimum Gasteiger partial charge on any atom is -0.481 e. The van der Waals surface area contributed by atoms with E-state index in [4.69, 9.17) is 15.9 Å². The molecule has 40 heavy (non-hydrogen) atoms. The molecule has 0 radical (unpaired) electrons. The Labute approximate surface area is 236 Å². The van der Waals surface area contributed by atoms with Crippen molar-refractivity contribution in [2.24, 2.45) is 11.7 Å². The van der Waals surface area contributed by atoms with Gasteiger partial charge >= 0.3 is 11.9 Å². The normalized spacial score (nSPS) is 12.3. The number of ketones is 1. The number of aryl methyl sites for hydroxylation is 1. The molecule has 0 aliphatic heterocycles. The summed E-state index contributed by atoms with van der Waals surface area (Å²) in [6.07, 6.45) is -0.852. The summed E-state index contributed by atoms with van der Waals surface area (Å²) in [5.41, 5.74) is 9.61. The maximum absolute atomic E-state index is 12.8. The summed E-state index contributed by atoms with van der Waals surface area (Å²) in [6, 6.07) is 19.0. The van der Waals surface area contributed by atoms with Crippen LogP contribution >= 0.6 is 11.3 Å². The van der Waals surface area contributed by atoms with Crippen molar-refractivity contribution >= 4 is 40.9 Å². The monoisotopic (exact) mass is 564 g/mol. The Hall–Kier alpha value is -4.31. The van der Waals surface area contributed by atoms with E-state index < -0.39 is 41.5 Å². The average molecular weight is 565 g/mol. The molecule has 1 aromatic heterocycles. The lowest BCUT2D eigenvalue weighted by molar-refractivity contribution is -0.139. The number of amides is 2. The van der Waals surface area contributed by atoms with Crippen LogP contribution in [0.3, 0.4) is 0 Å². The van der Waals surface area contributed by atoms with Crippen LogP contribution in [0, 0.1) is 5.92 Å². The number of primary amides is 1. The van der Waals surface area contributed by atoms with E-state index in [2.05, 4.69) is 28.9 Å². The quantitative estimate of drug-likeness (QED) is 0.202. The van der Waals surface area contributed by atoms with Crippen LogP contribution in [-0.4, -0.2) is 45.8 Å². The number of carboxylic acid groups (broad SMARTS) is 2. The van der Waals surface area contributed by atoms with Crippen molar-refractivity contribution in [3.05, 3.63) is 71.6 Å². The number of nitrogens with two attached hydrogens (primary N) is 1. The predicted molar refractivity (Wildman–Crippen MR) is 151 cm³/mol. The lowest BCUT2D eigenvalue weighted by atomic mass is 9.92. The molecule has 2 atom stereocenters. The predicted octanol–water partition coefficient (Wildman–Crippen LogP) is 4.29. The molecule has 0 saturated heterocycles. The van der Waals surface area contributed by atoms with Crippen LogP contribution in [-0.2, 0) is 30.4 Å². The fourth-order valence-electron chi connectivity index (χ4n) is 4.24. The van der Waals surface area contributed by atoms with Crippen molar-refractivity contribution in [2.75, 3.05) is 0 Å².